The molecule has 15 heavy (non-hydrogen) atoms. The van der Waals surface area contributed by atoms with Crippen LogP contribution in [0.1, 0.15) is 24.6 Å². The largest absolute Gasteiger partial charge is 0.708 e. The molecule has 6 heteroatoms. The summed E-state index contributed by atoms with van der Waals surface area (Å²) in [5.74, 6) is 0. The molecule has 1 heterocycles. The number of hydrogen-bond donors (Lipinski definition) is 3. The quantitative estimate of drug-likeness (QED) is 0.482. The lowest BCUT2D eigenvalue weighted by molar-refractivity contribution is 0.292. The van der Waals surface area contributed by atoms with Gasteiger partial charge in [0, 0.05) is 11.4 Å². The summed E-state index contributed by atoms with van der Waals surface area (Å²) in [6.07, 6.45) is 2.35. The Balaban J connectivity index is 2.26. The summed E-state index contributed by atoms with van der Waals surface area (Å²) in [6.45, 7) is 3.96. The van der Waals surface area contributed by atoms with Crippen LogP contribution < -0.4 is 9.97 Å². The van der Waals surface area contributed by atoms with E-state index in [4.69, 9.17) is 14.7 Å². The summed E-state index contributed by atoms with van der Waals surface area (Å²) in [5.41, 5.74) is 0. The molecule has 4 nitrogen and oxygen atoms in total. The van der Waals surface area contributed by atoms with E-state index in [1.807, 2.05) is 6.07 Å². The molecule has 1 aromatic heterocycles. The van der Waals surface area contributed by atoms with Gasteiger partial charge in [0.2, 0.25) is 0 Å². The van der Waals surface area contributed by atoms with Crippen LogP contribution in [0.3, 0.4) is 0 Å². The summed E-state index contributed by atoms with van der Waals surface area (Å²) in [5, 5.41) is 21.0. The second kappa shape index (κ2) is 6.84. The molecule has 1 aromatic rings. The van der Waals surface area contributed by atoms with Crippen molar-refractivity contribution in [3.05, 3.63) is 17.0 Å². The Morgan fingerprint density at radius 2 is 2.27 bits per heavy atom. The van der Waals surface area contributed by atoms with Crippen molar-refractivity contribution in [2.45, 2.75) is 26.3 Å². The molecule has 0 amide bonds. The zero-order valence-corrected chi connectivity index (χ0v) is 9.59. The van der Waals surface area contributed by atoms with Crippen LogP contribution in [0.15, 0.2) is 12.1 Å². The summed E-state index contributed by atoms with van der Waals surface area (Å²) >= 11 is 1.41. The van der Waals surface area contributed by atoms with Gasteiger partial charge >= 0.3 is 7.32 Å². The predicted molar refractivity (Wildman–Crippen MR) is 61.8 cm³/mol. The van der Waals surface area contributed by atoms with Crippen LogP contribution in [0.2, 0.25) is 0 Å². The van der Waals surface area contributed by atoms with Crippen LogP contribution in [0.5, 0.6) is 5.06 Å². The first-order chi connectivity index (χ1) is 7.22. The maximum atomic E-state index is 8.59. The average molecular weight is 229 g/mol. The highest BCUT2D eigenvalue weighted by Gasteiger charge is 2.12. The maximum absolute atomic E-state index is 8.59. The molecule has 0 bridgehead atoms. The van der Waals surface area contributed by atoms with Gasteiger partial charge in [-0.3, -0.25) is 0 Å². The molecular formula is C9H16BNO3S. The van der Waals surface area contributed by atoms with E-state index in [2.05, 4.69) is 12.2 Å². The molecule has 0 aromatic carbocycles. The zero-order valence-electron chi connectivity index (χ0n) is 8.77. The molecule has 0 saturated heterocycles. The van der Waals surface area contributed by atoms with Crippen LogP contribution in [0, 0.1) is 0 Å². The molecule has 0 atom stereocenters. The van der Waals surface area contributed by atoms with Crippen molar-refractivity contribution < 1.29 is 14.7 Å². The highest BCUT2D eigenvalue weighted by atomic mass is 32.1. The highest BCUT2D eigenvalue weighted by Crippen LogP contribution is 2.24. The fraction of sp³-hybridized carbons (Fsp3) is 0.556. The number of unbranched alkanes of at least 4 members (excludes halogenated alkanes) is 1. The molecule has 0 unspecified atom stereocenters. The maximum Gasteiger partial charge on any atom is 0.708 e. The molecule has 0 aliphatic rings. The van der Waals surface area contributed by atoms with Crippen molar-refractivity contribution in [3.8, 4) is 5.06 Å². The van der Waals surface area contributed by atoms with Gasteiger partial charge in [0.1, 0.15) is 0 Å². The topological polar surface area (TPSA) is 61.7 Å². The first kappa shape index (κ1) is 12.5. The Labute approximate surface area is 94.1 Å². The summed E-state index contributed by atoms with van der Waals surface area (Å²) in [6, 6.07) is 3.66. The lowest BCUT2D eigenvalue weighted by Crippen LogP contribution is -2.19. The number of thiophene rings is 1. The van der Waals surface area contributed by atoms with Gasteiger partial charge in [-0.2, -0.15) is 0 Å². The summed E-state index contributed by atoms with van der Waals surface area (Å²) in [7, 11) is -1.73. The molecular weight excluding hydrogens is 213 g/mol. The Hall–Kier alpha value is -0.555. The first-order valence-electron chi connectivity index (χ1n) is 5.04. The van der Waals surface area contributed by atoms with E-state index in [-0.39, 0.29) is 0 Å². The molecule has 0 spiro atoms. The Morgan fingerprint density at radius 3 is 2.93 bits per heavy atom. The minimum absolute atomic E-state index is 0.525. The molecule has 0 fully saturated rings. The average Bonchev–Trinajstić information content (AvgIpc) is 2.59. The van der Waals surface area contributed by atoms with E-state index >= 15 is 0 Å². The third kappa shape index (κ3) is 5.18. The molecule has 0 radical (unpaired) electrons. The molecule has 0 aliphatic carbocycles. The zero-order chi connectivity index (χ0) is 11.1. The number of nitrogens with one attached hydrogen (secondary N) is 1. The third-order valence-electron chi connectivity index (χ3n) is 1.86. The SMILES string of the molecule is CCCCNCc1ccc(OB(O)O)s1. The normalized spacial score (nSPS) is 10.3. The van der Waals surface area contributed by atoms with Gasteiger partial charge in [0.25, 0.3) is 0 Å². The highest BCUT2D eigenvalue weighted by molar-refractivity contribution is 7.14. The van der Waals surface area contributed by atoms with Crippen LogP contribution in [-0.4, -0.2) is 23.9 Å². The van der Waals surface area contributed by atoms with Crippen LogP contribution in [-0.2, 0) is 6.54 Å². The summed E-state index contributed by atoms with van der Waals surface area (Å²) in [4.78, 5) is 1.13. The smallest absolute Gasteiger partial charge is 0.504 e. The second-order valence-corrected chi connectivity index (χ2v) is 4.33. The van der Waals surface area contributed by atoms with Crippen molar-refractivity contribution in [2.24, 2.45) is 0 Å². The number of hydrogen-bond acceptors (Lipinski definition) is 5. The molecule has 3 N–H and O–H groups in total. The molecule has 84 valence electrons. The van der Waals surface area contributed by atoms with E-state index < -0.39 is 7.32 Å². The van der Waals surface area contributed by atoms with Gasteiger partial charge < -0.3 is 20.0 Å². The standard InChI is InChI=1S/C9H16BNO3S/c1-2-3-6-11-7-8-4-5-9(15-8)14-10(12)13/h4-5,11-13H,2-3,6-7H2,1H3. The van der Waals surface area contributed by atoms with Gasteiger partial charge in [0.15, 0.2) is 5.06 Å². The van der Waals surface area contributed by atoms with Crippen molar-refractivity contribution >= 4 is 18.7 Å². The lowest BCUT2D eigenvalue weighted by atomic mass is 10.3. The van der Waals surface area contributed by atoms with Crippen molar-refractivity contribution in [1.29, 1.82) is 0 Å². The minimum atomic E-state index is -1.73. The fourth-order valence-electron chi connectivity index (χ4n) is 1.13. The monoisotopic (exact) mass is 229 g/mol. The third-order valence-corrected chi connectivity index (χ3v) is 2.84. The van der Waals surface area contributed by atoms with Crippen LogP contribution in [0.4, 0.5) is 0 Å². The van der Waals surface area contributed by atoms with E-state index in [1.54, 1.807) is 6.07 Å². The Bertz CT molecular complexity index is 280. The fourth-order valence-corrected chi connectivity index (χ4v) is 1.97. The second-order valence-electron chi connectivity index (χ2n) is 3.20. The molecule has 0 aliphatic heterocycles. The van der Waals surface area contributed by atoms with E-state index in [1.165, 1.54) is 24.2 Å². The molecule has 1 rings (SSSR count). The number of rotatable bonds is 7. The minimum Gasteiger partial charge on any atom is -0.504 e. The van der Waals surface area contributed by atoms with E-state index in [0.29, 0.717) is 5.06 Å². The van der Waals surface area contributed by atoms with Crippen molar-refractivity contribution in [3.63, 3.8) is 0 Å². The van der Waals surface area contributed by atoms with E-state index in [0.717, 1.165) is 18.0 Å². The van der Waals surface area contributed by atoms with Gasteiger partial charge in [-0.25, -0.2) is 0 Å². The van der Waals surface area contributed by atoms with Gasteiger partial charge in [-0.1, -0.05) is 13.3 Å². The van der Waals surface area contributed by atoms with Crippen LogP contribution >= 0.6 is 11.3 Å². The van der Waals surface area contributed by atoms with Crippen molar-refractivity contribution in [1.82, 2.24) is 5.32 Å². The Kier molecular flexibility index (Phi) is 5.71. The van der Waals surface area contributed by atoms with Gasteiger partial charge in [-0.05, 0) is 25.1 Å². The Morgan fingerprint density at radius 1 is 1.47 bits per heavy atom. The van der Waals surface area contributed by atoms with Gasteiger partial charge in [-0.15, -0.1) is 11.3 Å². The first-order valence-corrected chi connectivity index (χ1v) is 5.86. The van der Waals surface area contributed by atoms with Crippen molar-refractivity contribution in [2.75, 3.05) is 6.54 Å². The van der Waals surface area contributed by atoms with Gasteiger partial charge in [0.05, 0.1) is 0 Å². The summed E-state index contributed by atoms with van der Waals surface area (Å²) < 4.78 is 4.72. The van der Waals surface area contributed by atoms with Crippen LogP contribution in [0.25, 0.3) is 0 Å². The van der Waals surface area contributed by atoms with E-state index in [9.17, 15) is 0 Å². The predicted octanol–water partition coefficient (Wildman–Crippen LogP) is 0.986. The lowest BCUT2D eigenvalue weighted by Gasteiger charge is -2.01. The molecule has 0 saturated carbocycles.